The molecule has 1 N–H and O–H groups in total. The van der Waals surface area contributed by atoms with Gasteiger partial charge in [0.2, 0.25) is 0 Å². The molecule has 0 aliphatic carbocycles. The van der Waals surface area contributed by atoms with Crippen LogP contribution in [0.5, 0.6) is 0 Å². The fraction of sp³-hybridized carbons (Fsp3) is 0.0667. The van der Waals surface area contributed by atoms with Gasteiger partial charge in [-0.2, -0.15) is 0 Å². The molecule has 8 heteroatoms. The molecule has 0 radical (unpaired) electrons. The Morgan fingerprint density at radius 2 is 2.09 bits per heavy atom. The van der Waals surface area contributed by atoms with Crippen molar-refractivity contribution in [3.05, 3.63) is 59.3 Å². The summed E-state index contributed by atoms with van der Waals surface area (Å²) >= 11 is 1.33. The molecular weight excluding hydrogens is 317 g/mol. The van der Waals surface area contributed by atoms with Crippen LogP contribution < -0.4 is 10.2 Å². The SMILES string of the molecule is CN(c1cncnc1)c1cc(NC(=O)c2cscn2)ccc1F. The van der Waals surface area contributed by atoms with Crippen molar-refractivity contribution < 1.29 is 9.18 Å². The second-order valence-electron chi connectivity index (χ2n) is 4.65. The molecule has 0 saturated carbocycles. The Bertz CT molecular complexity index is 810. The second-order valence-corrected chi connectivity index (χ2v) is 5.37. The van der Waals surface area contributed by atoms with Crippen molar-refractivity contribution in [3.8, 4) is 0 Å². The number of rotatable bonds is 4. The molecular formula is C15H12FN5OS. The van der Waals surface area contributed by atoms with E-state index in [2.05, 4.69) is 20.3 Å². The van der Waals surface area contributed by atoms with Crippen LogP contribution in [0.25, 0.3) is 0 Å². The van der Waals surface area contributed by atoms with E-state index in [1.165, 1.54) is 29.8 Å². The summed E-state index contributed by atoms with van der Waals surface area (Å²) in [6.07, 6.45) is 4.55. The number of thiazole rings is 1. The summed E-state index contributed by atoms with van der Waals surface area (Å²) in [6, 6.07) is 4.34. The van der Waals surface area contributed by atoms with Gasteiger partial charge in [0.05, 0.1) is 29.3 Å². The number of benzene rings is 1. The summed E-state index contributed by atoms with van der Waals surface area (Å²) in [4.78, 5) is 25.4. The number of anilines is 3. The molecule has 2 aromatic heterocycles. The molecule has 0 aliphatic heterocycles. The maximum Gasteiger partial charge on any atom is 0.275 e. The van der Waals surface area contributed by atoms with Crippen molar-refractivity contribution in [1.82, 2.24) is 15.0 Å². The molecule has 0 aliphatic rings. The molecule has 116 valence electrons. The van der Waals surface area contributed by atoms with E-state index in [4.69, 9.17) is 0 Å². The van der Waals surface area contributed by atoms with E-state index in [9.17, 15) is 9.18 Å². The van der Waals surface area contributed by atoms with E-state index < -0.39 is 5.82 Å². The van der Waals surface area contributed by atoms with Gasteiger partial charge in [-0.3, -0.25) is 4.79 Å². The van der Waals surface area contributed by atoms with E-state index in [1.54, 1.807) is 41.3 Å². The van der Waals surface area contributed by atoms with Crippen molar-refractivity contribution in [3.63, 3.8) is 0 Å². The summed E-state index contributed by atoms with van der Waals surface area (Å²) in [5.41, 5.74) is 3.31. The van der Waals surface area contributed by atoms with Gasteiger partial charge in [-0.1, -0.05) is 0 Å². The largest absolute Gasteiger partial charge is 0.340 e. The van der Waals surface area contributed by atoms with Crippen molar-refractivity contribution in [2.45, 2.75) is 0 Å². The number of amides is 1. The van der Waals surface area contributed by atoms with Crippen LogP contribution in [-0.4, -0.2) is 27.9 Å². The lowest BCUT2D eigenvalue weighted by atomic mass is 10.2. The number of hydrogen-bond acceptors (Lipinski definition) is 6. The third-order valence-electron chi connectivity index (χ3n) is 3.16. The van der Waals surface area contributed by atoms with E-state index in [1.807, 2.05) is 0 Å². The Kier molecular flexibility index (Phi) is 4.24. The van der Waals surface area contributed by atoms with Crippen LogP contribution in [0, 0.1) is 5.82 Å². The molecule has 1 aromatic carbocycles. The molecule has 0 atom stereocenters. The summed E-state index contributed by atoms with van der Waals surface area (Å²) in [5.74, 6) is -0.752. The summed E-state index contributed by atoms with van der Waals surface area (Å²) in [5, 5.41) is 4.34. The maximum atomic E-state index is 14.1. The standard InChI is InChI=1S/C15H12FN5OS/c1-21(11-5-17-8-18-6-11)14-4-10(2-3-12(14)16)20-15(22)13-7-23-9-19-13/h2-9H,1H3,(H,20,22). The van der Waals surface area contributed by atoms with Crippen LogP contribution >= 0.6 is 11.3 Å². The van der Waals surface area contributed by atoms with Gasteiger partial charge in [-0.15, -0.1) is 11.3 Å². The molecule has 0 fully saturated rings. The van der Waals surface area contributed by atoms with E-state index in [0.717, 1.165) is 0 Å². The number of nitrogens with one attached hydrogen (secondary N) is 1. The molecule has 0 spiro atoms. The number of carbonyl (C=O) groups excluding carboxylic acids is 1. The number of halogens is 1. The van der Waals surface area contributed by atoms with E-state index >= 15 is 0 Å². The quantitative estimate of drug-likeness (QED) is 0.796. The first-order valence-electron chi connectivity index (χ1n) is 6.63. The minimum atomic E-state index is -0.414. The average Bonchev–Trinajstić information content (AvgIpc) is 3.11. The molecule has 6 nitrogen and oxygen atoms in total. The number of nitrogens with zero attached hydrogens (tertiary/aromatic N) is 4. The lowest BCUT2D eigenvalue weighted by Gasteiger charge is -2.20. The maximum absolute atomic E-state index is 14.1. The lowest BCUT2D eigenvalue weighted by Crippen LogP contribution is -2.15. The minimum absolute atomic E-state index is 0.302. The Hall–Kier alpha value is -2.87. The van der Waals surface area contributed by atoms with Crippen molar-refractivity contribution in [1.29, 1.82) is 0 Å². The molecule has 2 heterocycles. The zero-order valence-corrected chi connectivity index (χ0v) is 12.9. The average molecular weight is 329 g/mol. The fourth-order valence-corrected chi connectivity index (χ4v) is 2.50. The third kappa shape index (κ3) is 3.32. The smallest absolute Gasteiger partial charge is 0.275 e. The predicted octanol–water partition coefficient (Wildman–Crippen LogP) is 3.09. The van der Waals surface area contributed by atoms with Crippen molar-refractivity contribution in [2.75, 3.05) is 17.3 Å². The zero-order chi connectivity index (χ0) is 16.2. The van der Waals surface area contributed by atoms with Gasteiger partial charge < -0.3 is 10.2 Å². The molecule has 3 aromatic rings. The van der Waals surface area contributed by atoms with Gasteiger partial charge in [0.25, 0.3) is 5.91 Å². The van der Waals surface area contributed by atoms with Crippen molar-refractivity contribution >= 4 is 34.3 Å². The monoisotopic (exact) mass is 329 g/mol. The van der Waals surface area contributed by atoms with Crippen LogP contribution in [0.4, 0.5) is 21.5 Å². The molecule has 1 amide bonds. The summed E-state index contributed by atoms with van der Waals surface area (Å²) < 4.78 is 14.1. The van der Waals surface area contributed by atoms with Crippen LogP contribution in [-0.2, 0) is 0 Å². The molecule has 0 bridgehead atoms. The first kappa shape index (κ1) is 15.0. The van der Waals surface area contributed by atoms with Crippen LogP contribution in [0.2, 0.25) is 0 Å². The van der Waals surface area contributed by atoms with Gasteiger partial charge in [-0.25, -0.2) is 19.3 Å². The Labute approximate surface area is 135 Å². The van der Waals surface area contributed by atoms with Crippen LogP contribution in [0.15, 0.2) is 47.8 Å². The summed E-state index contributed by atoms with van der Waals surface area (Å²) in [7, 11) is 1.70. The van der Waals surface area contributed by atoms with Gasteiger partial charge in [0.15, 0.2) is 0 Å². The molecule has 23 heavy (non-hydrogen) atoms. The number of carbonyl (C=O) groups is 1. The highest BCUT2D eigenvalue weighted by Gasteiger charge is 2.13. The van der Waals surface area contributed by atoms with Gasteiger partial charge in [0.1, 0.15) is 17.8 Å². The zero-order valence-electron chi connectivity index (χ0n) is 12.1. The first-order valence-corrected chi connectivity index (χ1v) is 7.57. The predicted molar refractivity (Wildman–Crippen MR) is 86.6 cm³/mol. The Morgan fingerprint density at radius 1 is 1.30 bits per heavy atom. The highest BCUT2D eigenvalue weighted by Crippen LogP contribution is 2.28. The third-order valence-corrected chi connectivity index (χ3v) is 3.75. The second kappa shape index (κ2) is 6.49. The Morgan fingerprint density at radius 3 is 2.78 bits per heavy atom. The molecule has 3 rings (SSSR count). The lowest BCUT2D eigenvalue weighted by molar-refractivity contribution is 0.102. The fourth-order valence-electron chi connectivity index (χ4n) is 1.97. The number of aromatic nitrogens is 3. The minimum Gasteiger partial charge on any atom is -0.340 e. The highest BCUT2D eigenvalue weighted by atomic mass is 32.1. The van der Waals surface area contributed by atoms with E-state index in [-0.39, 0.29) is 5.91 Å². The molecule has 0 saturated heterocycles. The topological polar surface area (TPSA) is 71.0 Å². The molecule has 0 unspecified atom stereocenters. The van der Waals surface area contributed by atoms with Gasteiger partial charge >= 0.3 is 0 Å². The van der Waals surface area contributed by atoms with Gasteiger partial charge in [-0.05, 0) is 18.2 Å². The van der Waals surface area contributed by atoms with Crippen LogP contribution in [0.1, 0.15) is 10.5 Å². The van der Waals surface area contributed by atoms with Crippen LogP contribution in [0.3, 0.4) is 0 Å². The highest BCUT2D eigenvalue weighted by molar-refractivity contribution is 7.07. The first-order chi connectivity index (χ1) is 11.1. The van der Waals surface area contributed by atoms with Crippen molar-refractivity contribution in [2.24, 2.45) is 0 Å². The number of hydrogen-bond donors (Lipinski definition) is 1. The van der Waals surface area contributed by atoms with E-state index in [0.29, 0.717) is 22.8 Å². The normalized spacial score (nSPS) is 10.3. The summed E-state index contributed by atoms with van der Waals surface area (Å²) in [6.45, 7) is 0. The Balaban J connectivity index is 1.86. The van der Waals surface area contributed by atoms with Gasteiger partial charge in [0, 0.05) is 18.1 Å².